The Balaban J connectivity index is 1.43. The van der Waals surface area contributed by atoms with Gasteiger partial charge in [0.2, 0.25) is 11.8 Å². The van der Waals surface area contributed by atoms with Gasteiger partial charge < -0.3 is 24.3 Å². The van der Waals surface area contributed by atoms with E-state index in [0.717, 1.165) is 31.8 Å². The summed E-state index contributed by atoms with van der Waals surface area (Å²) in [7, 11) is 1.70. The molecule has 7 nitrogen and oxygen atoms in total. The highest BCUT2D eigenvalue weighted by Gasteiger charge is 2.43. The van der Waals surface area contributed by atoms with Gasteiger partial charge in [-0.05, 0) is 37.1 Å². The van der Waals surface area contributed by atoms with Gasteiger partial charge in [0.05, 0.1) is 19.1 Å². The van der Waals surface area contributed by atoms with Crippen molar-refractivity contribution in [3.63, 3.8) is 0 Å². The predicted octanol–water partition coefficient (Wildman–Crippen LogP) is 2.56. The van der Waals surface area contributed by atoms with E-state index in [1.165, 1.54) is 22.5 Å². The van der Waals surface area contributed by atoms with E-state index >= 15 is 0 Å². The van der Waals surface area contributed by atoms with Gasteiger partial charge in [-0.1, -0.05) is 23.8 Å². The Hall–Kier alpha value is -3.22. The molecule has 3 heterocycles. The van der Waals surface area contributed by atoms with E-state index in [4.69, 9.17) is 4.74 Å². The van der Waals surface area contributed by atoms with Gasteiger partial charge in [-0.2, -0.15) is 0 Å². The number of amides is 2. The SMILES string of the molecule is COc1ccc2c(c1)N1CCN(c3ccc(C)cc3)CC1C(C(=O)N1CCN(C(C)=O)CC1)C2. The van der Waals surface area contributed by atoms with Gasteiger partial charge in [-0.15, -0.1) is 0 Å². The summed E-state index contributed by atoms with van der Waals surface area (Å²) in [6, 6.07) is 15.0. The molecule has 0 radical (unpaired) electrons. The molecule has 2 saturated heterocycles. The Bertz CT molecular complexity index is 1060. The average molecular weight is 463 g/mol. The molecule has 2 atom stereocenters. The average Bonchev–Trinajstić information content (AvgIpc) is 2.87. The predicted molar refractivity (Wildman–Crippen MR) is 134 cm³/mol. The number of hydrogen-bond acceptors (Lipinski definition) is 5. The highest BCUT2D eigenvalue weighted by Crippen LogP contribution is 2.39. The molecular weight excluding hydrogens is 428 g/mol. The van der Waals surface area contributed by atoms with Crippen molar-refractivity contribution in [2.45, 2.75) is 26.3 Å². The fourth-order valence-corrected chi connectivity index (χ4v) is 5.66. The van der Waals surface area contributed by atoms with Crippen molar-refractivity contribution in [1.82, 2.24) is 9.80 Å². The van der Waals surface area contributed by atoms with E-state index in [-0.39, 0.29) is 23.8 Å². The molecule has 0 N–H and O–H groups in total. The summed E-state index contributed by atoms with van der Waals surface area (Å²) in [4.78, 5) is 34.3. The topological polar surface area (TPSA) is 56.3 Å². The maximum absolute atomic E-state index is 13.9. The monoisotopic (exact) mass is 462 g/mol. The minimum Gasteiger partial charge on any atom is -0.497 e. The smallest absolute Gasteiger partial charge is 0.228 e. The molecule has 34 heavy (non-hydrogen) atoms. The zero-order valence-electron chi connectivity index (χ0n) is 20.4. The van der Waals surface area contributed by atoms with Gasteiger partial charge in [-0.3, -0.25) is 9.59 Å². The van der Waals surface area contributed by atoms with Gasteiger partial charge in [0.15, 0.2) is 0 Å². The summed E-state index contributed by atoms with van der Waals surface area (Å²) < 4.78 is 5.52. The first-order valence-electron chi connectivity index (χ1n) is 12.2. The second kappa shape index (κ2) is 9.20. The van der Waals surface area contributed by atoms with Gasteiger partial charge in [0.1, 0.15) is 5.75 Å². The second-order valence-electron chi connectivity index (χ2n) is 9.68. The number of aryl methyl sites for hydroxylation is 1. The Morgan fingerprint density at radius 1 is 0.912 bits per heavy atom. The Kier molecular flexibility index (Phi) is 6.11. The number of anilines is 2. The molecule has 0 saturated carbocycles. The largest absolute Gasteiger partial charge is 0.497 e. The lowest BCUT2D eigenvalue weighted by molar-refractivity contribution is -0.142. The van der Waals surface area contributed by atoms with E-state index < -0.39 is 0 Å². The van der Waals surface area contributed by atoms with Gasteiger partial charge in [0.25, 0.3) is 0 Å². The number of carbonyl (C=O) groups is 2. The first-order chi connectivity index (χ1) is 16.4. The molecule has 2 aromatic rings. The number of carbonyl (C=O) groups excluding carboxylic acids is 2. The first kappa shape index (κ1) is 22.6. The van der Waals surface area contributed by atoms with E-state index in [1.807, 2.05) is 15.9 Å². The number of nitrogens with zero attached hydrogens (tertiary/aromatic N) is 4. The van der Waals surface area contributed by atoms with Crippen molar-refractivity contribution in [2.24, 2.45) is 5.92 Å². The fourth-order valence-electron chi connectivity index (χ4n) is 5.66. The van der Waals surface area contributed by atoms with Crippen LogP contribution in [0, 0.1) is 12.8 Å². The molecule has 0 aromatic heterocycles. The summed E-state index contributed by atoms with van der Waals surface area (Å²) in [5.74, 6) is 1.03. The Labute approximate surface area is 201 Å². The van der Waals surface area contributed by atoms with Crippen molar-refractivity contribution in [2.75, 3.05) is 62.7 Å². The lowest BCUT2D eigenvalue weighted by Gasteiger charge is -2.50. The number of ether oxygens (including phenoxy) is 1. The number of rotatable bonds is 3. The number of piperazine rings is 2. The zero-order chi connectivity index (χ0) is 23.8. The van der Waals surface area contributed by atoms with Crippen LogP contribution in [0.25, 0.3) is 0 Å². The van der Waals surface area contributed by atoms with Crippen LogP contribution >= 0.6 is 0 Å². The van der Waals surface area contributed by atoms with Crippen molar-refractivity contribution in [1.29, 1.82) is 0 Å². The third-order valence-corrected chi connectivity index (χ3v) is 7.68. The molecule has 3 aliphatic rings. The molecule has 2 fully saturated rings. The Morgan fingerprint density at radius 2 is 1.62 bits per heavy atom. The molecule has 0 spiro atoms. The van der Waals surface area contributed by atoms with Gasteiger partial charge in [0, 0.05) is 70.2 Å². The number of benzene rings is 2. The molecule has 0 aliphatic carbocycles. The van der Waals surface area contributed by atoms with Crippen LogP contribution in [-0.2, 0) is 16.0 Å². The van der Waals surface area contributed by atoms with Crippen LogP contribution in [0.15, 0.2) is 42.5 Å². The molecule has 0 bridgehead atoms. The molecule has 2 unspecified atom stereocenters. The maximum atomic E-state index is 13.9. The minimum atomic E-state index is -0.113. The third-order valence-electron chi connectivity index (χ3n) is 7.68. The summed E-state index contributed by atoms with van der Waals surface area (Å²) in [6.07, 6.45) is 0.730. The van der Waals surface area contributed by atoms with E-state index in [9.17, 15) is 9.59 Å². The molecule has 7 heteroatoms. The van der Waals surface area contributed by atoms with Crippen LogP contribution in [0.1, 0.15) is 18.1 Å². The summed E-state index contributed by atoms with van der Waals surface area (Å²) in [5, 5.41) is 0. The normalized spacial score (nSPS) is 22.2. The molecule has 2 amide bonds. The maximum Gasteiger partial charge on any atom is 0.228 e. The van der Waals surface area contributed by atoms with Crippen LogP contribution in [0.4, 0.5) is 11.4 Å². The quantitative estimate of drug-likeness (QED) is 0.702. The fraction of sp³-hybridized carbons (Fsp3) is 0.481. The van der Waals surface area contributed by atoms with E-state index in [1.54, 1.807) is 14.0 Å². The minimum absolute atomic E-state index is 0.0832. The van der Waals surface area contributed by atoms with Gasteiger partial charge in [-0.25, -0.2) is 0 Å². The van der Waals surface area contributed by atoms with E-state index in [2.05, 4.69) is 53.1 Å². The molecule has 3 aliphatic heterocycles. The Morgan fingerprint density at radius 3 is 2.29 bits per heavy atom. The van der Waals surface area contributed by atoms with Crippen LogP contribution in [-0.4, -0.2) is 80.6 Å². The molecular formula is C27H34N4O3. The molecule has 180 valence electrons. The van der Waals surface area contributed by atoms with Crippen LogP contribution in [0.2, 0.25) is 0 Å². The lowest BCUT2D eigenvalue weighted by Crippen LogP contribution is -2.62. The zero-order valence-corrected chi connectivity index (χ0v) is 20.4. The summed E-state index contributed by atoms with van der Waals surface area (Å²) >= 11 is 0. The van der Waals surface area contributed by atoms with Crippen LogP contribution in [0.3, 0.4) is 0 Å². The molecule has 5 rings (SSSR count). The van der Waals surface area contributed by atoms with E-state index in [0.29, 0.717) is 26.2 Å². The van der Waals surface area contributed by atoms with Crippen LogP contribution in [0.5, 0.6) is 5.75 Å². The third kappa shape index (κ3) is 4.19. The van der Waals surface area contributed by atoms with Crippen molar-refractivity contribution in [3.8, 4) is 5.75 Å². The van der Waals surface area contributed by atoms with Crippen molar-refractivity contribution in [3.05, 3.63) is 53.6 Å². The number of fused-ring (bicyclic) bond motifs is 3. The highest BCUT2D eigenvalue weighted by atomic mass is 16.5. The summed E-state index contributed by atoms with van der Waals surface area (Å²) in [6.45, 7) is 8.74. The van der Waals surface area contributed by atoms with Crippen LogP contribution < -0.4 is 14.5 Å². The number of hydrogen-bond donors (Lipinski definition) is 0. The standard InChI is InChI=1S/C27H34N4O3/c1-19-4-7-22(8-5-19)30-14-15-31-25-17-23(34-3)9-6-21(25)16-24(26(31)18-30)27(33)29-12-10-28(11-13-29)20(2)32/h4-9,17,24,26H,10-16,18H2,1-3H3. The lowest BCUT2D eigenvalue weighted by atomic mass is 9.82. The highest BCUT2D eigenvalue weighted by molar-refractivity contribution is 5.83. The van der Waals surface area contributed by atoms with Crippen molar-refractivity contribution >= 4 is 23.2 Å². The van der Waals surface area contributed by atoms with Gasteiger partial charge >= 0.3 is 0 Å². The van der Waals surface area contributed by atoms with Crippen molar-refractivity contribution < 1.29 is 14.3 Å². The number of methoxy groups -OCH3 is 1. The summed E-state index contributed by atoms with van der Waals surface area (Å²) in [5.41, 5.74) is 4.86. The molecule has 2 aromatic carbocycles. The first-order valence-corrected chi connectivity index (χ1v) is 12.2. The second-order valence-corrected chi connectivity index (χ2v) is 9.68.